The summed E-state index contributed by atoms with van der Waals surface area (Å²) in [6, 6.07) is 1.04. The smallest absolute Gasteiger partial charge is 0.341 e. The largest absolute Gasteiger partial charge is 0.435 e. The Hall–Kier alpha value is -2.05. The van der Waals surface area contributed by atoms with Crippen molar-refractivity contribution in [2.45, 2.75) is 58.2 Å². The molecule has 1 amide bonds. The lowest BCUT2D eigenvalue weighted by Gasteiger charge is -2.23. The molecule has 0 saturated carbocycles. The molecule has 1 aliphatic rings. The number of nitrogens with zero attached hydrogens (tertiary/aromatic N) is 3. The minimum atomic E-state index is -4.53. The minimum Gasteiger partial charge on any atom is -0.341 e. The Morgan fingerprint density at radius 3 is 2.23 bits per heavy atom. The van der Waals surface area contributed by atoms with Crippen molar-refractivity contribution in [3.05, 3.63) is 41.8 Å². The van der Waals surface area contributed by atoms with E-state index in [0.717, 1.165) is 31.7 Å². The van der Waals surface area contributed by atoms with Gasteiger partial charge in [0, 0.05) is 19.0 Å². The first-order valence-corrected chi connectivity index (χ1v) is 9.14. The molecule has 1 aromatic heterocycles. The number of hydrogen-bond acceptors (Lipinski definition) is 2. The molecule has 2 rings (SSSR count). The number of carbonyl (C=O) groups is 1. The van der Waals surface area contributed by atoms with Crippen LogP contribution >= 0.6 is 0 Å². The van der Waals surface area contributed by atoms with Gasteiger partial charge in [-0.2, -0.15) is 18.3 Å². The van der Waals surface area contributed by atoms with E-state index < -0.39 is 11.9 Å². The number of carbonyl (C=O) groups excluding carboxylic acids is 1. The second kappa shape index (κ2) is 9.05. The van der Waals surface area contributed by atoms with Crippen LogP contribution in [0, 0.1) is 0 Å². The van der Waals surface area contributed by atoms with Crippen molar-refractivity contribution in [2.75, 3.05) is 13.1 Å². The number of aromatic nitrogens is 2. The normalized spacial score (nSPS) is 14.3. The van der Waals surface area contributed by atoms with E-state index in [2.05, 4.69) is 5.10 Å². The molecule has 0 atom stereocenters. The molecule has 0 saturated heterocycles. The van der Waals surface area contributed by atoms with Crippen LogP contribution in [0.1, 0.15) is 56.8 Å². The molecular formula is C19H26F3N3O. The average molecular weight is 369 g/mol. The molecule has 4 nitrogen and oxygen atoms in total. The van der Waals surface area contributed by atoms with Gasteiger partial charge in [-0.05, 0) is 18.9 Å². The summed E-state index contributed by atoms with van der Waals surface area (Å²) >= 11 is 0. The number of alkyl halides is 3. The zero-order valence-corrected chi connectivity index (χ0v) is 15.3. The van der Waals surface area contributed by atoms with Gasteiger partial charge in [-0.1, -0.05) is 51.0 Å². The van der Waals surface area contributed by atoms with E-state index in [4.69, 9.17) is 0 Å². The Kier molecular flexibility index (Phi) is 7.06. The maximum absolute atomic E-state index is 13.1. The number of amides is 1. The highest BCUT2D eigenvalue weighted by Gasteiger charge is 2.36. The molecule has 0 unspecified atom stereocenters. The maximum Gasteiger partial charge on any atom is 0.435 e. The van der Waals surface area contributed by atoms with Gasteiger partial charge in [0.05, 0.1) is 5.69 Å². The van der Waals surface area contributed by atoms with Crippen LogP contribution in [0.4, 0.5) is 13.2 Å². The first-order chi connectivity index (χ1) is 12.4. The van der Waals surface area contributed by atoms with Crippen LogP contribution in [-0.4, -0.2) is 33.7 Å². The third-order valence-electron chi connectivity index (χ3n) is 4.39. The Labute approximate surface area is 152 Å². The Morgan fingerprint density at radius 1 is 1.15 bits per heavy atom. The van der Waals surface area contributed by atoms with Gasteiger partial charge in [-0.3, -0.25) is 9.48 Å². The molecule has 144 valence electrons. The van der Waals surface area contributed by atoms with Crippen molar-refractivity contribution in [1.29, 1.82) is 0 Å². The van der Waals surface area contributed by atoms with Crippen LogP contribution in [0.15, 0.2) is 30.4 Å². The monoisotopic (exact) mass is 369 g/mol. The third-order valence-corrected chi connectivity index (χ3v) is 4.39. The zero-order valence-electron chi connectivity index (χ0n) is 15.3. The van der Waals surface area contributed by atoms with E-state index in [-0.39, 0.29) is 18.4 Å². The molecule has 26 heavy (non-hydrogen) atoms. The number of unbranched alkanes of at least 4 members (excludes halogenated alkanes) is 2. The van der Waals surface area contributed by atoms with Crippen molar-refractivity contribution < 1.29 is 18.0 Å². The van der Waals surface area contributed by atoms with Crippen LogP contribution in [0.2, 0.25) is 0 Å². The number of allylic oxidation sites excluding steroid dienone is 4. The fourth-order valence-electron chi connectivity index (χ4n) is 2.88. The highest BCUT2D eigenvalue weighted by Crippen LogP contribution is 2.32. The van der Waals surface area contributed by atoms with Crippen LogP contribution < -0.4 is 0 Å². The van der Waals surface area contributed by atoms with Crippen molar-refractivity contribution >= 4 is 5.91 Å². The van der Waals surface area contributed by atoms with E-state index >= 15 is 0 Å². The Bertz CT molecular complexity index is 641. The number of rotatable bonds is 9. The summed E-state index contributed by atoms with van der Waals surface area (Å²) in [5, 5.41) is 3.69. The van der Waals surface area contributed by atoms with Crippen molar-refractivity contribution in [3.8, 4) is 0 Å². The van der Waals surface area contributed by atoms with Crippen LogP contribution in [-0.2, 0) is 17.5 Å². The van der Waals surface area contributed by atoms with Crippen LogP contribution in [0.5, 0.6) is 0 Å². The van der Waals surface area contributed by atoms with Crippen molar-refractivity contribution in [3.63, 3.8) is 0 Å². The predicted octanol–water partition coefficient (Wildman–Crippen LogP) is 4.54. The molecule has 0 aliphatic heterocycles. The molecule has 0 N–H and O–H groups in total. The van der Waals surface area contributed by atoms with Gasteiger partial charge in [0.15, 0.2) is 5.69 Å². The molecule has 1 aromatic rings. The van der Waals surface area contributed by atoms with E-state index in [9.17, 15) is 18.0 Å². The highest BCUT2D eigenvalue weighted by atomic mass is 19.4. The van der Waals surface area contributed by atoms with Gasteiger partial charge >= 0.3 is 6.18 Å². The second-order valence-corrected chi connectivity index (χ2v) is 6.49. The van der Waals surface area contributed by atoms with Gasteiger partial charge in [0.25, 0.3) is 0 Å². The van der Waals surface area contributed by atoms with Gasteiger partial charge in [0.2, 0.25) is 5.91 Å². The van der Waals surface area contributed by atoms with Crippen LogP contribution in [0.25, 0.3) is 0 Å². The van der Waals surface area contributed by atoms with Gasteiger partial charge in [-0.15, -0.1) is 0 Å². The average Bonchev–Trinajstić information content (AvgIpc) is 3.23. The van der Waals surface area contributed by atoms with E-state index in [1.54, 1.807) is 29.2 Å². The van der Waals surface area contributed by atoms with Gasteiger partial charge < -0.3 is 4.90 Å². The lowest BCUT2D eigenvalue weighted by Crippen LogP contribution is -2.36. The first-order valence-electron chi connectivity index (χ1n) is 9.14. The highest BCUT2D eigenvalue weighted by molar-refractivity contribution is 5.76. The molecule has 7 heteroatoms. The number of hydrogen-bond donors (Lipinski definition) is 0. The van der Waals surface area contributed by atoms with Gasteiger partial charge in [-0.25, -0.2) is 0 Å². The Balaban J connectivity index is 2.22. The summed E-state index contributed by atoms with van der Waals surface area (Å²) in [4.78, 5) is 14.4. The summed E-state index contributed by atoms with van der Waals surface area (Å²) in [7, 11) is 0. The van der Waals surface area contributed by atoms with E-state index in [0.29, 0.717) is 18.8 Å². The predicted molar refractivity (Wildman–Crippen MR) is 94.6 cm³/mol. The first kappa shape index (κ1) is 20.3. The maximum atomic E-state index is 13.1. The quantitative estimate of drug-likeness (QED) is 0.641. The topological polar surface area (TPSA) is 38.1 Å². The molecule has 1 heterocycles. The van der Waals surface area contributed by atoms with Crippen molar-refractivity contribution in [1.82, 2.24) is 14.7 Å². The van der Waals surface area contributed by atoms with E-state index in [1.165, 1.54) is 4.68 Å². The van der Waals surface area contributed by atoms with Crippen molar-refractivity contribution in [2.24, 2.45) is 0 Å². The molecule has 0 radical (unpaired) electrons. The fraction of sp³-hybridized carbons (Fsp3) is 0.579. The summed E-state index contributed by atoms with van der Waals surface area (Å²) in [5.74, 6) is -0.470. The lowest BCUT2D eigenvalue weighted by molar-refractivity contribution is -0.142. The number of halogens is 3. The molecule has 0 bridgehead atoms. The third kappa shape index (κ3) is 5.22. The molecular weight excluding hydrogens is 343 g/mol. The van der Waals surface area contributed by atoms with Gasteiger partial charge in [0.1, 0.15) is 6.54 Å². The lowest BCUT2D eigenvalue weighted by atomic mass is 10.1. The Morgan fingerprint density at radius 2 is 1.73 bits per heavy atom. The van der Waals surface area contributed by atoms with Crippen LogP contribution in [0.3, 0.4) is 0 Å². The summed E-state index contributed by atoms with van der Waals surface area (Å²) < 4.78 is 40.5. The zero-order chi connectivity index (χ0) is 19.2. The second-order valence-electron chi connectivity index (χ2n) is 6.49. The molecule has 0 fully saturated rings. The minimum absolute atomic E-state index is 0.170. The fourth-order valence-corrected chi connectivity index (χ4v) is 2.88. The molecule has 1 aliphatic carbocycles. The SMILES string of the molecule is CCCCN(CCCC)C(=O)Cn1nc(C(F)(F)F)cc1C1C=CC=C1. The summed E-state index contributed by atoms with van der Waals surface area (Å²) in [6.45, 7) is 5.17. The molecule has 0 aromatic carbocycles. The van der Waals surface area contributed by atoms with E-state index in [1.807, 2.05) is 13.8 Å². The summed E-state index contributed by atoms with van der Waals surface area (Å²) in [5.41, 5.74) is -0.565. The molecule has 0 spiro atoms. The summed E-state index contributed by atoms with van der Waals surface area (Å²) in [6.07, 6.45) is 6.30. The standard InChI is InChI=1S/C19H26F3N3O/c1-3-5-11-24(12-6-4-2)18(26)14-25-16(15-9-7-8-10-15)13-17(23-25)19(20,21)22/h7-10,13,15H,3-6,11-12,14H2,1-2H3.